The fourth-order valence-electron chi connectivity index (χ4n) is 3.48. The summed E-state index contributed by atoms with van der Waals surface area (Å²) in [4.78, 5) is 33.3. The van der Waals surface area contributed by atoms with Crippen molar-refractivity contribution in [1.29, 1.82) is 0 Å². The Morgan fingerprint density at radius 2 is 2.16 bits per heavy atom. The predicted octanol–water partition coefficient (Wildman–Crippen LogP) is 1.85. The Kier molecular flexibility index (Phi) is 10.2. The molecule has 31 heavy (non-hydrogen) atoms. The van der Waals surface area contributed by atoms with E-state index in [4.69, 9.17) is 20.4 Å². The van der Waals surface area contributed by atoms with E-state index in [2.05, 4.69) is 32.5 Å². The van der Waals surface area contributed by atoms with Gasteiger partial charge in [0.15, 0.2) is 0 Å². The highest BCUT2D eigenvalue weighted by Gasteiger charge is 2.34. The molecule has 10 heteroatoms. The molecule has 1 aliphatic carbocycles. The van der Waals surface area contributed by atoms with Crippen molar-refractivity contribution in [3.8, 4) is 0 Å². The first-order chi connectivity index (χ1) is 15.1. The van der Waals surface area contributed by atoms with Gasteiger partial charge >= 0.3 is 0 Å². The van der Waals surface area contributed by atoms with E-state index in [1.807, 2.05) is 12.1 Å². The van der Waals surface area contributed by atoms with E-state index in [0.717, 1.165) is 24.8 Å². The highest BCUT2D eigenvalue weighted by molar-refractivity contribution is 5.78. The summed E-state index contributed by atoms with van der Waals surface area (Å²) in [5.41, 5.74) is 6.67. The number of hydrogen-bond acceptors (Lipinski definition) is 8. The molecular weight excluding hydrogens is 400 g/mol. The van der Waals surface area contributed by atoms with Gasteiger partial charge in [0.2, 0.25) is 11.9 Å². The van der Waals surface area contributed by atoms with Crippen LogP contribution in [0, 0.1) is 5.92 Å². The molecule has 0 aromatic carbocycles. The van der Waals surface area contributed by atoms with Crippen molar-refractivity contribution < 1.29 is 19.4 Å². The first kappa shape index (κ1) is 24.0. The van der Waals surface area contributed by atoms with Gasteiger partial charge in [-0.25, -0.2) is 4.98 Å². The predicted molar refractivity (Wildman–Crippen MR) is 116 cm³/mol. The lowest BCUT2D eigenvalue weighted by Gasteiger charge is -2.36. The zero-order chi connectivity index (χ0) is 22.5. The summed E-state index contributed by atoms with van der Waals surface area (Å²) in [6.45, 7) is 3.02. The molecule has 3 rings (SSSR count). The molecular formula is C21H30N6O4. The van der Waals surface area contributed by atoms with Crippen molar-refractivity contribution in [1.82, 2.24) is 20.3 Å². The van der Waals surface area contributed by atoms with E-state index >= 15 is 0 Å². The van der Waals surface area contributed by atoms with Gasteiger partial charge in [-0.1, -0.05) is 13.0 Å². The van der Waals surface area contributed by atoms with Crippen LogP contribution in [0.5, 0.6) is 0 Å². The number of pyridine rings is 1. The number of carbonyl (C=O) groups is 2. The van der Waals surface area contributed by atoms with Gasteiger partial charge < -0.3 is 26.2 Å². The molecule has 2 heterocycles. The van der Waals surface area contributed by atoms with E-state index in [-0.39, 0.29) is 36.4 Å². The highest BCUT2D eigenvalue weighted by atomic mass is 16.5. The number of nitrogens with two attached hydrogens (primary N) is 1. The molecule has 3 atom stereocenters. The van der Waals surface area contributed by atoms with Crippen LogP contribution in [0.25, 0.3) is 0 Å². The van der Waals surface area contributed by atoms with Crippen LogP contribution in [0.15, 0.2) is 36.8 Å². The van der Waals surface area contributed by atoms with Crippen LogP contribution < -0.4 is 16.4 Å². The van der Waals surface area contributed by atoms with Crippen molar-refractivity contribution in [2.45, 2.75) is 51.3 Å². The summed E-state index contributed by atoms with van der Waals surface area (Å²) in [6.07, 6.45) is 8.40. The van der Waals surface area contributed by atoms with E-state index in [1.54, 1.807) is 24.7 Å². The lowest BCUT2D eigenvalue weighted by Crippen LogP contribution is -2.45. The standard InChI is InChI=1S/C20H28N6O2.CH2O2/c1-2-10-28-17-6-5-15(19(27)24-13-14-4-3-8-22-12-14)11-16(17)25-18-7-9-23-20(21)26-18;2-1-3/h3-4,7-9,12,15-17H,2,5-6,10-11,13H2,1H3,(H,24,27)(H3,21,23,25,26);1H,(H,2,3)/t15-,16+,17+;/m0./s1. The molecule has 0 aliphatic heterocycles. The Hall–Kier alpha value is -3.27. The molecule has 168 valence electrons. The fourth-order valence-corrected chi connectivity index (χ4v) is 3.48. The number of nitrogens with zero attached hydrogens (tertiary/aromatic N) is 3. The quantitative estimate of drug-likeness (QED) is 0.460. The molecule has 5 N–H and O–H groups in total. The number of nitrogen functional groups attached to an aromatic ring is 1. The normalized spacial score (nSPS) is 20.1. The maximum absolute atomic E-state index is 12.7. The van der Waals surface area contributed by atoms with Crippen LogP contribution in [0.4, 0.5) is 11.8 Å². The summed E-state index contributed by atoms with van der Waals surface area (Å²) < 4.78 is 6.03. The van der Waals surface area contributed by atoms with Gasteiger partial charge in [0, 0.05) is 37.7 Å². The number of nitrogens with one attached hydrogen (secondary N) is 2. The number of hydrogen-bond donors (Lipinski definition) is 4. The second-order valence-corrected chi connectivity index (χ2v) is 7.15. The van der Waals surface area contributed by atoms with Crippen molar-refractivity contribution >= 4 is 24.1 Å². The summed E-state index contributed by atoms with van der Waals surface area (Å²) in [5, 5.41) is 13.3. The maximum Gasteiger partial charge on any atom is 0.290 e. The summed E-state index contributed by atoms with van der Waals surface area (Å²) in [6, 6.07) is 5.58. The third-order valence-corrected chi connectivity index (χ3v) is 4.89. The summed E-state index contributed by atoms with van der Waals surface area (Å²) in [5.74, 6) is 0.859. The van der Waals surface area contributed by atoms with Gasteiger partial charge in [-0.3, -0.25) is 14.6 Å². The van der Waals surface area contributed by atoms with Crippen LogP contribution in [0.1, 0.15) is 38.2 Å². The SMILES string of the molecule is CCCO[C@@H]1CC[C@H](C(=O)NCc2cccnc2)C[C@H]1Nc1ccnc(N)n1.O=CO. The second kappa shape index (κ2) is 13.1. The zero-order valence-electron chi connectivity index (χ0n) is 17.6. The first-order valence-corrected chi connectivity index (χ1v) is 10.3. The first-order valence-electron chi connectivity index (χ1n) is 10.3. The van der Waals surface area contributed by atoms with Crippen molar-refractivity contribution in [3.63, 3.8) is 0 Å². The van der Waals surface area contributed by atoms with Crippen LogP contribution in [-0.4, -0.2) is 51.2 Å². The van der Waals surface area contributed by atoms with Crippen molar-refractivity contribution in [3.05, 3.63) is 42.4 Å². The average molecular weight is 431 g/mol. The Morgan fingerprint density at radius 3 is 2.84 bits per heavy atom. The number of rotatable bonds is 8. The minimum atomic E-state index is -0.250. The zero-order valence-corrected chi connectivity index (χ0v) is 17.6. The molecule has 0 bridgehead atoms. The molecule has 0 unspecified atom stereocenters. The number of amides is 1. The molecule has 0 saturated heterocycles. The largest absolute Gasteiger partial charge is 0.483 e. The smallest absolute Gasteiger partial charge is 0.290 e. The molecule has 1 amide bonds. The van der Waals surface area contributed by atoms with Gasteiger partial charge in [0.25, 0.3) is 6.47 Å². The lowest BCUT2D eigenvalue weighted by atomic mass is 9.83. The number of carbonyl (C=O) groups excluding carboxylic acids is 1. The molecule has 0 spiro atoms. The monoisotopic (exact) mass is 430 g/mol. The van der Waals surface area contributed by atoms with Crippen LogP contribution in [0.3, 0.4) is 0 Å². The van der Waals surface area contributed by atoms with Gasteiger partial charge in [-0.15, -0.1) is 0 Å². The topological polar surface area (TPSA) is 152 Å². The lowest BCUT2D eigenvalue weighted by molar-refractivity contribution is -0.127. The summed E-state index contributed by atoms with van der Waals surface area (Å²) >= 11 is 0. The maximum atomic E-state index is 12.7. The number of carboxylic acid groups (broad SMARTS) is 1. The highest BCUT2D eigenvalue weighted by Crippen LogP contribution is 2.29. The Balaban J connectivity index is 0.00000107. The third-order valence-electron chi connectivity index (χ3n) is 4.89. The van der Waals surface area contributed by atoms with Gasteiger partial charge in [-0.05, 0) is 43.4 Å². The molecule has 0 radical (unpaired) electrons. The molecule has 1 aliphatic rings. The molecule has 2 aromatic rings. The third kappa shape index (κ3) is 8.17. The molecule has 10 nitrogen and oxygen atoms in total. The average Bonchev–Trinajstić information content (AvgIpc) is 2.78. The van der Waals surface area contributed by atoms with Crippen LogP contribution in [-0.2, 0) is 20.9 Å². The minimum Gasteiger partial charge on any atom is -0.483 e. The fraction of sp³-hybridized carbons (Fsp3) is 0.476. The molecule has 2 aromatic heterocycles. The van der Waals surface area contributed by atoms with Crippen LogP contribution in [0.2, 0.25) is 0 Å². The second-order valence-electron chi connectivity index (χ2n) is 7.15. The number of aromatic nitrogens is 3. The van der Waals surface area contributed by atoms with Crippen LogP contribution >= 0.6 is 0 Å². The van der Waals surface area contributed by atoms with Crippen molar-refractivity contribution in [2.24, 2.45) is 5.92 Å². The van der Waals surface area contributed by atoms with E-state index in [0.29, 0.717) is 25.4 Å². The Morgan fingerprint density at radius 1 is 1.35 bits per heavy atom. The Bertz CT molecular complexity index is 807. The molecule has 1 saturated carbocycles. The van der Waals surface area contributed by atoms with Crippen molar-refractivity contribution in [2.75, 3.05) is 17.7 Å². The number of ether oxygens (including phenoxy) is 1. The molecule has 1 fully saturated rings. The van der Waals surface area contributed by atoms with E-state index < -0.39 is 0 Å². The van der Waals surface area contributed by atoms with Gasteiger partial charge in [0.05, 0.1) is 12.1 Å². The summed E-state index contributed by atoms with van der Waals surface area (Å²) in [7, 11) is 0. The Labute approximate surface area is 181 Å². The number of anilines is 2. The van der Waals surface area contributed by atoms with E-state index in [9.17, 15) is 4.79 Å². The van der Waals surface area contributed by atoms with Gasteiger partial charge in [0.1, 0.15) is 5.82 Å². The van der Waals surface area contributed by atoms with E-state index in [1.165, 1.54) is 0 Å². The van der Waals surface area contributed by atoms with Gasteiger partial charge in [-0.2, -0.15) is 4.98 Å². The minimum absolute atomic E-state index is 0.0104.